The monoisotopic (exact) mass is 1190 g/mol. The second kappa shape index (κ2) is 24.3. The number of allylic oxidation sites excluding steroid dienone is 3. The Morgan fingerprint density at radius 2 is 0.833 bits per heavy atom. The van der Waals surface area contributed by atoms with Gasteiger partial charge in [0.2, 0.25) is 41.1 Å². The first-order chi connectivity index (χ1) is 43.4. The maximum absolute atomic E-state index is 6.89. The number of para-hydroxylation sites is 1. The molecule has 12 aromatic rings. The summed E-state index contributed by atoms with van der Waals surface area (Å²) in [4.78, 5) is 3.54. The van der Waals surface area contributed by atoms with E-state index in [1.165, 1.54) is 16.7 Å². The average molecular weight is 1190 g/mol. The molecule has 1 aliphatic carbocycles. The number of nitrogens with zero attached hydrogens (tertiary/aromatic N) is 6. The molecular weight excluding hydrogens is 1120 g/mol. The molecule has 0 bridgehead atoms. The summed E-state index contributed by atoms with van der Waals surface area (Å²) in [5.74, 6) is 4.82. The topological polar surface area (TPSA) is 169 Å². The van der Waals surface area contributed by atoms with Gasteiger partial charge in [-0.1, -0.05) is 159 Å². The number of fused-ring (bicyclic) bond motifs is 3. The number of rotatable bonds is 18. The van der Waals surface area contributed by atoms with Crippen LogP contribution in [0.25, 0.3) is 84.6 Å². The summed E-state index contributed by atoms with van der Waals surface area (Å²) in [7, 11) is 0. The summed E-state index contributed by atoms with van der Waals surface area (Å²) in [5, 5.41) is 28.7. The fourth-order valence-corrected chi connectivity index (χ4v) is 10.8. The van der Waals surface area contributed by atoms with Crippen LogP contribution in [0.2, 0.25) is 0 Å². The van der Waals surface area contributed by atoms with Crippen molar-refractivity contribution in [2.75, 3.05) is 6.61 Å². The van der Waals surface area contributed by atoms with Crippen molar-refractivity contribution in [3.05, 3.63) is 233 Å². The number of hydrogen-bond donors (Lipinski definition) is 1. The number of ether oxygens (including phenoxy) is 4. The van der Waals surface area contributed by atoms with Gasteiger partial charge in [-0.05, 0) is 147 Å². The van der Waals surface area contributed by atoms with Gasteiger partial charge in [-0.25, -0.2) is 0 Å². The minimum absolute atomic E-state index is 0.00400. The minimum atomic E-state index is 0.00400. The maximum atomic E-state index is 6.89. The van der Waals surface area contributed by atoms with Crippen LogP contribution in [0.15, 0.2) is 207 Å². The molecule has 452 valence electrons. The Bertz CT molecular complexity index is 4550. The molecule has 90 heavy (non-hydrogen) atoms. The number of aromatic nitrogens is 7. The molecule has 14 nitrogen and oxygen atoms in total. The van der Waals surface area contributed by atoms with E-state index in [2.05, 4.69) is 171 Å². The molecule has 0 fully saturated rings. The third kappa shape index (κ3) is 13.1. The van der Waals surface area contributed by atoms with Crippen molar-refractivity contribution < 1.29 is 32.2 Å². The van der Waals surface area contributed by atoms with Gasteiger partial charge in [-0.2, -0.15) is 0 Å². The SMILES string of the molecule is CC(C)(C)c1ccc(-c2nnc(C3=CCC(COc4cc(COc5ccc6c(c5)[nH]c5ccccc56)cc(OCc5ccc(-c6nnc(-c7ccc(C(C)(C)C)cc7)o6)cc5)c4OCc4ccc(-c5nnc(-c6ccc(C(C)(C)C)cc6)o5)cc4)C=C3)o2)cc1. The van der Waals surface area contributed by atoms with Gasteiger partial charge in [0.05, 0.1) is 12.1 Å². The molecule has 0 aliphatic heterocycles. The molecule has 1 aliphatic rings. The fourth-order valence-electron chi connectivity index (χ4n) is 10.8. The fraction of sp³-hybridized carbons (Fsp3) is 0.237. The van der Waals surface area contributed by atoms with Crippen LogP contribution < -0.4 is 18.9 Å². The highest BCUT2D eigenvalue weighted by atomic mass is 16.5. The Morgan fingerprint density at radius 3 is 1.31 bits per heavy atom. The summed E-state index contributed by atoms with van der Waals surface area (Å²) in [5.41, 5.74) is 13.5. The molecule has 8 aromatic carbocycles. The Morgan fingerprint density at radius 1 is 0.411 bits per heavy atom. The van der Waals surface area contributed by atoms with Crippen LogP contribution in [-0.2, 0) is 36.1 Å². The van der Waals surface area contributed by atoms with Crippen molar-refractivity contribution in [3.63, 3.8) is 0 Å². The number of nitrogens with one attached hydrogen (secondary N) is 1. The summed E-state index contributed by atoms with van der Waals surface area (Å²) in [6, 6.07) is 59.0. The summed E-state index contributed by atoms with van der Waals surface area (Å²) >= 11 is 0. The van der Waals surface area contributed by atoms with E-state index in [4.69, 9.17) is 32.2 Å². The lowest BCUT2D eigenvalue weighted by Crippen LogP contribution is -2.13. The van der Waals surface area contributed by atoms with Gasteiger partial charge in [0.15, 0.2) is 11.5 Å². The second-order valence-electron chi connectivity index (χ2n) is 26.1. The van der Waals surface area contributed by atoms with Gasteiger partial charge in [0.1, 0.15) is 25.6 Å². The van der Waals surface area contributed by atoms with Crippen molar-refractivity contribution in [1.82, 2.24) is 35.6 Å². The van der Waals surface area contributed by atoms with Crippen molar-refractivity contribution in [1.29, 1.82) is 0 Å². The summed E-state index contributed by atoms with van der Waals surface area (Å²) in [6.45, 7) is 20.7. The Kier molecular flexibility index (Phi) is 15.9. The van der Waals surface area contributed by atoms with Crippen molar-refractivity contribution in [2.24, 2.45) is 5.92 Å². The number of hydrogen-bond acceptors (Lipinski definition) is 13. The zero-order valence-electron chi connectivity index (χ0n) is 52.1. The third-order valence-corrected chi connectivity index (χ3v) is 16.3. The van der Waals surface area contributed by atoms with Crippen molar-refractivity contribution in [3.8, 4) is 80.3 Å². The van der Waals surface area contributed by atoms with Crippen LogP contribution in [0.3, 0.4) is 0 Å². The first-order valence-electron chi connectivity index (χ1n) is 30.5. The molecule has 0 saturated carbocycles. The van der Waals surface area contributed by atoms with Crippen molar-refractivity contribution in [2.45, 2.75) is 105 Å². The predicted molar refractivity (Wildman–Crippen MR) is 352 cm³/mol. The molecule has 4 heterocycles. The lowest BCUT2D eigenvalue weighted by atomic mass is 9.87. The molecule has 13 rings (SSSR count). The molecule has 1 atom stereocenters. The van der Waals surface area contributed by atoms with E-state index in [1.807, 2.05) is 121 Å². The van der Waals surface area contributed by atoms with Crippen molar-refractivity contribution >= 4 is 27.4 Å². The normalized spacial score (nSPS) is 13.7. The summed E-state index contributed by atoms with van der Waals surface area (Å²) < 4.78 is 45.8. The highest BCUT2D eigenvalue weighted by Crippen LogP contribution is 2.42. The van der Waals surface area contributed by atoms with Crippen LogP contribution >= 0.6 is 0 Å². The lowest BCUT2D eigenvalue weighted by molar-refractivity contribution is 0.221. The molecule has 14 heteroatoms. The largest absolute Gasteiger partial charge is 0.489 e. The molecule has 0 amide bonds. The number of aromatic amines is 1. The van der Waals surface area contributed by atoms with Gasteiger partial charge in [-0.15, -0.1) is 30.6 Å². The van der Waals surface area contributed by atoms with E-state index in [-0.39, 0.29) is 42.0 Å². The first-order valence-corrected chi connectivity index (χ1v) is 30.5. The van der Waals surface area contributed by atoms with Crippen LogP contribution in [0.1, 0.15) is 108 Å². The quantitative estimate of drug-likeness (QED) is 0.0862. The average Bonchev–Trinajstić information content (AvgIpc) is 1.84. The first kappa shape index (κ1) is 58.7. The summed E-state index contributed by atoms with van der Waals surface area (Å²) in [6.07, 6.45) is 6.94. The van der Waals surface area contributed by atoms with E-state index in [9.17, 15) is 0 Å². The molecule has 4 aromatic heterocycles. The number of benzene rings is 8. The molecule has 1 unspecified atom stereocenters. The minimum Gasteiger partial charge on any atom is -0.489 e. The van der Waals surface area contributed by atoms with Crippen LogP contribution in [0.5, 0.6) is 23.0 Å². The zero-order chi connectivity index (χ0) is 62.2. The zero-order valence-corrected chi connectivity index (χ0v) is 52.1. The number of H-pyrrole nitrogens is 1. The van der Waals surface area contributed by atoms with Gasteiger partial charge >= 0.3 is 0 Å². The Labute approximate surface area is 523 Å². The van der Waals surface area contributed by atoms with Gasteiger partial charge < -0.3 is 37.2 Å². The highest BCUT2D eigenvalue weighted by Gasteiger charge is 2.23. The van der Waals surface area contributed by atoms with Crippen LogP contribution in [0.4, 0.5) is 0 Å². The van der Waals surface area contributed by atoms with E-state index < -0.39 is 0 Å². The lowest BCUT2D eigenvalue weighted by Gasteiger charge is -2.21. The molecule has 0 spiro atoms. The molecule has 0 saturated heterocycles. The van der Waals surface area contributed by atoms with E-state index >= 15 is 0 Å². The van der Waals surface area contributed by atoms with E-state index in [1.54, 1.807) is 0 Å². The molecule has 0 radical (unpaired) electrons. The van der Waals surface area contributed by atoms with E-state index in [0.29, 0.717) is 71.4 Å². The Hall–Kier alpha value is -10.3. The standard InChI is InChI=1S/C76H71N7O7/c1-74(2,3)57-32-26-54(27-33-57)71-81-78-68(88-71)51-20-14-47(15-21-51)43-85-65-40-50(46-84-60-38-39-62-61-12-10-11-13-63(61)77-64(62)42-60)41-66(86-44-48-16-22-52(23-17-48)69-79-82-72(89-69)55-28-34-58(35-29-55)75(4,5)6)67(65)87-45-49-18-24-53(25-19-49)70-80-83-73(90-70)56-30-36-59(37-31-56)76(7,8)9/h10-16,18-42,48,77H,17,43-46H2,1-9H3. The second-order valence-corrected chi connectivity index (χ2v) is 26.1. The smallest absolute Gasteiger partial charge is 0.248 e. The third-order valence-electron chi connectivity index (χ3n) is 16.3. The molecular formula is C76H71N7O7. The van der Waals surface area contributed by atoms with Gasteiger partial charge in [0.25, 0.3) is 0 Å². The molecule has 1 N–H and O–H groups in total. The van der Waals surface area contributed by atoms with E-state index in [0.717, 1.165) is 71.9 Å². The highest BCUT2D eigenvalue weighted by molar-refractivity contribution is 6.07. The Balaban J connectivity index is 0.774. The maximum Gasteiger partial charge on any atom is 0.248 e. The van der Waals surface area contributed by atoms with Crippen LogP contribution in [0, 0.1) is 5.92 Å². The van der Waals surface area contributed by atoms with Gasteiger partial charge in [-0.3, -0.25) is 0 Å². The van der Waals surface area contributed by atoms with Crippen LogP contribution in [-0.4, -0.2) is 42.2 Å². The predicted octanol–water partition coefficient (Wildman–Crippen LogP) is 18.5. The van der Waals surface area contributed by atoms with Gasteiger partial charge in [0, 0.05) is 61.7 Å².